The quantitative estimate of drug-likeness (QED) is 0.823. The molecule has 3 heteroatoms. The van der Waals surface area contributed by atoms with Gasteiger partial charge >= 0.3 is 0 Å². The van der Waals surface area contributed by atoms with Crippen molar-refractivity contribution < 1.29 is 4.74 Å². The number of rotatable bonds is 2. The molecule has 1 aliphatic heterocycles. The van der Waals surface area contributed by atoms with E-state index >= 15 is 0 Å². The maximum absolute atomic E-state index is 5.19. The molecule has 0 aliphatic carbocycles. The lowest BCUT2D eigenvalue weighted by Crippen LogP contribution is -2.24. The van der Waals surface area contributed by atoms with E-state index in [4.69, 9.17) is 4.74 Å². The molecule has 0 amide bonds. The predicted octanol–water partition coefficient (Wildman–Crippen LogP) is 3.14. The number of hydrogen-bond donors (Lipinski definition) is 0. The van der Waals surface area contributed by atoms with Crippen LogP contribution in [0.25, 0.3) is 11.1 Å². The molecule has 2 heterocycles. The minimum absolute atomic E-state index is 0.660. The van der Waals surface area contributed by atoms with Crippen molar-refractivity contribution in [2.75, 3.05) is 25.6 Å². The fourth-order valence-corrected chi connectivity index (χ4v) is 2.67. The number of hydrogen-bond acceptors (Lipinski definition) is 3. The first-order valence-corrected chi connectivity index (χ1v) is 6.62. The Hall–Kier alpha value is -2.03. The van der Waals surface area contributed by atoms with E-state index in [1.165, 1.54) is 23.2 Å². The van der Waals surface area contributed by atoms with Crippen LogP contribution < -0.4 is 9.64 Å². The highest BCUT2D eigenvalue weighted by molar-refractivity contribution is 5.70. The normalized spacial score (nSPS) is 14.1. The van der Waals surface area contributed by atoms with Crippen molar-refractivity contribution in [1.82, 2.24) is 4.98 Å². The van der Waals surface area contributed by atoms with Crippen molar-refractivity contribution in [3.63, 3.8) is 0 Å². The van der Waals surface area contributed by atoms with Gasteiger partial charge in [0.25, 0.3) is 0 Å². The number of anilines is 1. The maximum atomic E-state index is 5.19. The van der Waals surface area contributed by atoms with Crippen molar-refractivity contribution in [3.8, 4) is 17.0 Å². The zero-order valence-corrected chi connectivity index (χ0v) is 11.4. The van der Waals surface area contributed by atoms with E-state index in [-0.39, 0.29) is 0 Å². The molecule has 0 saturated heterocycles. The maximum Gasteiger partial charge on any atom is 0.213 e. The molecule has 0 saturated carbocycles. The van der Waals surface area contributed by atoms with E-state index in [2.05, 4.69) is 35.1 Å². The number of ether oxygens (including phenoxy) is 1. The van der Waals surface area contributed by atoms with Crippen LogP contribution in [-0.2, 0) is 6.42 Å². The Morgan fingerprint density at radius 3 is 2.84 bits per heavy atom. The molecule has 98 valence electrons. The summed E-state index contributed by atoms with van der Waals surface area (Å²) in [6.45, 7) is 1.15. The lowest BCUT2D eigenvalue weighted by Gasteiger charge is -2.27. The fraction of sp³-hybridized carbons (Fsp3) is 0.312. The average Bonchev–Trinajstić information content (AvgIpc) is 2.47. The predicted molar refractivity (Wildman–Crippen MR) is 77.8 cm³/mol. The van der Waals surface area contributed by atoms with Gasteiger partial charge in [-0.2, -0.15) is 0 Å². The van der Waals surface area contributed by atoms with Gasteiger partial charge in [-0.3, -0.25) is 0 Å². The number of methoxy groups -OCH3 is 1. The monoisotopic (exact) mass is 254 g/mol. The van der Waals surface area contributed by atoms with Gasteiger partial charge < -0.3 is 9.64 Å². The molecule has 0 unspecified atom stereocenters. The van der Waals surface area contributed by atoms with Crippen LogP contribution in [0.15, 0.2) is 36.5 Å². The van der Waals surface area contributed by atoms with Crippen molar-refractivity contribution in [2.45, 2.75) is 12.8 Å². The zero-order chi connectivity index (χ0) is 13.2. The van der Waals surface area contributed by atoms with E-state index in [1.54, 1.807) is 13.3 Å². The Morgan fingerprint density at radius 2 is 2.00 bits per heavy atom. The summed E-state index contributed by atoms with van der Waals surface area (Å²) in [6.07, 6.45) is 4.18. The second kappa shape index (κ2) is 4.92. The Bertz CT molecular complexity index is 595. The Labute approximate surface area is 113 Å². The average molecular weight is 254 g/mol. The van der Waals surface area contributed by atoms with Crippen LogP contribution in [0.5, 0.6) is 5.88 Å². The molecule has 2 aromatic rings. The number of nitrogens with zero attached hydrogens (tertiary/aromatic N) is 2. The number of pyridine rings is 1. The molecule has 19 heavy (non-hydrogen) atoms. The van der Waals surface area contributed by atoms with Gasteiger partial charge in [-0.1, -0.05) is 6.07 Å². The van der Waals surface area contributed by atoms with Gasteiger partial charge in [-0.25, -0.2) is 4.98 Å². The van der Waals surface area contributed by atoms with Crippen molar-refractivity contribution in [3.05, 3.63) is 42.1 Å². The molecule has 0 N–H and O–H groups in total. The molecular formula is C16H18N2O. The Kier molecular flexibility index (Phi) is 3.11. The summed E-state index contributed by atoms with van der Waals surface area (Å²) in [7, 11) is 3.81. The van der Waals surface area contributed by atoms with E-state index in [9.17, 15) is 0 Å². The lowest BCUT2D eigenvalue weighted by molar-refractivity contribution is 0.398. The topological polar surface area (TPSA) is 25.4 Å². The molecule has 0 atom stereocenters. The summed E-state index contributed by atoms with van der Waals surface area (Å²) in [5, 5.41) is 0. The van der Waals surface area contributed by atoms with Gasteiger partial charge in [0.15, 0.2) is 0 Å². The number of aromatic nitrogens is 1. The third-order valence-electron chi connectivity index (χ3n) is 3.71. The zero-order valence-electron chi connectivity index (χ0n) is 11.4. The summed E-state index contributed by atoms with van der Waals surface area (Å²) < 4.78 is 5.19. The summed E-state index contributed by atoms with van der Waals surface area (Å²) in [5.41, 5.74) is 5.18. The SMILES string of the molecule is COc1cc(-c2ccc3c(c2)CCCN3C)ccn1. The van der Waals surface area contributed by atoms with Gasteiger partial charge in [0.05, 0.1) is 7.11 Å². The largest absolute Gasteiger partial charge is 0.481 e. The molecular weight excluding hydrogens is 236 g/mol. The van der Waals surface area contributed by atoms with Gasteiger partial charge in [0.1, 0.15) is 0 Å². The van der Waals surface area contributed by atoms with Crippen molar-refractivity contribution in [1.29, 1.82) is 0 Å². The smallest absolute Gasteiger partial charge is 0.213 e. The van der Waals surface area contributed by atoms with Crippen LogP contribution in [-0.4, -0.2) is 25.7 Å². The highest BCUT2D eigenvalue weighted by atomic mass is 16.5. The van der Waals surface area contributed by atoms with Crippen LogP contribution in [0.4, 0.5) is 5.69 Å². The van der Waals surface area contributed by atoms with Crippen molar-refractivity contribution >= 4 is 5.69 Å². The number of aryl methyl sites for hydroxylation is 1. The summed E-state index contributed by atoms with van der Waals surface area (Å²) in [5.74, 6) is 0.660. The van der Waals surface area contributed by atoms with E-state index in [1.807, 2.05) is 12.1 Å². The number of benzene rings is 1. The molecule has 1 aromatic carbocycles. The van der Waals surface area contributed by atoms with Gasteiger partial charge in [0, 0.05) is 31.5 Å². The third-order valence-corrected chi connectivity index (χ3v) is 3.71. The fourth-order valence-electron chi connectivity index (χ4n) is 2.67. The molecule has 1 aromatic heterocycles. The van der Waals surface area contributed by atoms with Crippen LogP contribution in [0.2, 0.25) is 0 Å². The van der Waals surface area contributed by atoms with E-state index in [0.29, 0.717) is 5.88 Å². The molecule has 0 radical (unpaired) electrons. The van der Waals surface area contributed by atoms with Crippen LogP contribution in [0.1, 0.15) is 12.0 Å². The molecule has 3 rings (SSSR count). The standard InChI is InChI=1S/C16H18N2O/c1-18-9-3-4-14-10-12(5-6-15(14)18)13-7-8-17-16(11-13)19-2/h5-8,10-11H,3-4,9H2,1-2H3. The lowest BCUT2D eigenvalue weighted by atomic mass is 9.97. The minimum Gasteiger partial charge on any atom is -0.481 e. The number of fused-ring (bicyclic) bond motifs is 1. The highest BCUT2D eigenvalue weighted by Crippen LogP contribution is 2.31. The van der Waals surface area contributed by atoms with Crippen LogP contribution >= 0.6 is 0 Å². The first-order chi connectivity index (χ1) is 9.28. The molecule has 0 bridgehead atoms. The van der Waals surface area contributed by atoms with Gasteiger partial charge in [0.2, 0.25) is 5.88 Å². The molecule has 0 spiro atoms. The summed E-state index contributed by atoms with van der Waals surface area (Å²) in [4.78, 5) is 6.48. The van der Waals surface area contributed by atoms with Crippen LogP contribution in [0, 0.1) is 0 Å². The molecule has 3 nitrogen and oxygen atoms in total. The van der Waals surface area contributed by atoms with E-state index in [0.717, 1.165) is 18.5 Å². The van der Waals surface area contributed by atoms with E-state index < -0.39 is 0 Å². The Morgan fingerprint density at radius 1 is 1.16 bits per heavy atom. The van der Waals surface area contributed by atoms with Crippen molar-refractivity contribution in [2.24, 2.45) is 0 Å². The van der Waals surface area contributed by atoms with Gasteiger partial charge in [-0.05, 0) is 47.7 Å². The molecule has 0 fully saturated rings. The summed E-state index contributed by atoms with van der Waals surface area (Å²) >= 11 is 0. The first kappa shape index (κ1) is 12.0. The summed E-state index contributed by atoms with van der Waals surface area (Å²) in [6, 6.07) is 10.7. The third kappa shape index (κ3) is 2.28. The Balaban J connectivity index is 2.01. The van der Waals surface area contributed by atoms with Gasteiger partial charge in [-0.15, -0.1) is 0 Å². The molecule has 1 aliphatic rings. The minimum atomic E-state index is 0.660. The second-order valence-corrected chi connectivity index (χ2v) is 4.96. The second-order valence-electron chi connectivity index (χ2n) is 4.96. The first-order valence-electron chi connectivity index (χ1n) is 6.62. The van der Waals surface area contributed by atoms with Crippen LogP contribution in [0.3, 0.4) is 0 Å². The highest BCUT2D eigenvalue weighted by Gasteiger charge is 2.14.